The van der Waals surface area contributed by atoms with Crippen LogP contribution in [0.25, 0.3) is 0 Å². The van der Waals surface area contributed by atoms with Crippen LogP contribution in [0.15, 0.2) is 48.5 Å². The normalized spacial score (nSPS) is 11.0. The molecule has 2 aromatic carbocycles. The van der Waals surface area contributed by atoms with E-state index >= 15 is 0 Å². The maximum Gasteiger partial charge on any atom is 0.418 e. The van der Waals surface area contributed by atoms with Gasteiger partial charge in [-0.3, -0.25) is 5.32 Å². The van der Waals surface area contributed by atoms with E-state index in [2.05, 4.69) is 12.2 Å². The van der Waals surface area contributed by atoms with Crippen molar-refractivity contribution < 1.29 is 27.4 Å². The van der Waals surface area contributed by atoms with E-state index in [0.717, 1.165) is 25.0 Å². The van der Waals surface area contributed by atoms with Gasteiger partial charge < -0.3 is 9.47 Å². The van der Waals surface area contributed by atoms with Crippen LogP contribution in [0.4, 0.5) is 23.7 Å². The molecule has 2 rings (SSSR count). The number of hydrogen-bond acceptors (Lipinski definition) is 3. The Morgan fingerprint density at radius 3 is 2.32 bits per heavy atom. The smallest absolute Gasteiger partial charge is 0.418 e. The molecule has 0 radical (unpaired) electrons. The molecule has 0 fully saturated rings. The van der Waals surface area contributed by atoms with Gasteiger partial charge in [-0.2, -0.15) is 13.2 Å². The van der Waals surface area contributed by atoms with Crippen LogP contribution < -0.4 is 14.8 Å². The zero-order chi connectivity index (χ0) is 18.3. The Labute approximate surface area is 143 Å². The van der Waals surface area contributed by atoms with Crippen molar-refractivity contribution in [2.45, 2.75) is 25.9 Å². The molecule has 1 N–H and O–H groups in total. The van der Waals surface area contributed by atoms with Crippen molar-refractivity contribution in [1.29, 1.82) is 0 Å². The molecule has 0 bridgehead atoms. The summed E-state index contributed by atoms with van der Waals surface area (Å²) >= 11 is 0. The van der Waals surface area contributed by atoms with Crippen LogP contribution in [0.2, 0.25) is 0 Å². The van der Waals surface area contributed by atoms with Crippen molar-refractivity contribution in [3.63, 3.8) is 0 Å². The van der Waals surface area contributed by atoms with E-state index in [1.807, 2.05) is 0 Å². The molecule has 0 aliphatic rings. The second-order valence-corrected chi connectivity index (χ2v) is 5.23. The number of para-hydroxylation sites is 1. The fourth-order valence-corrected chi connectivity index (χ4v) is 2.02. The average Bonchev–Trinajstić information content (AvgIpc) is 2.56. The van der Waals surface area contributed by atoms with Crippen LogP contribution in [0.1, 0.15) is 25.3 Å². The Balaban J connectivity index is 1.97. The summed E-state index contributed by atoms with van der Waals surface area (Å²) in [6.07, 6.45) is -3.63. The van der Waals surface area contributed by atoms with Crippen molar-refractivity contribution in [2.24, 2.45) is 0 Å². The SMILES string of the molecule is CCCCOc1ccc(OC(=O)Nc2ccccc2C(F)(F)F)cc1. The highest BCUT2D eigenvalue weighted by Crippen LogP contribution is 2.34. The van der Waals surface area contributed by atoms with E-state index in [-0.39, 0.29) is 11.4 Å². The maximum absolute atomic E-state index is 12.9. The first-order valence-corrected chi connectivity index (χ1v) is 7.78. The Kier molecular flexibility index (Phi) is 6.27. The number of hydrogen-bond donors (Lipinski definition) is 1. The third kappa shape index (κ3) is 5.70. The molecular formula is C18H18F3NO3. The Bertz CT molecular complexity index is 699. The molecular weight excluding hydrogens is 335 g/mol. The second-order valence-electron chi connectivity index (χ2n) is 5.23. The topological polar surface area (TPSA) is 47.6 Å². The van der Waals surface area contributed by atoms with Gasteiger partial charge in [0.2, 0.25) is 0 Å². The van der Waals surface area contributed by atoms with E-state index in [0.29, 0.717) is 12.4 Å². The number of rotatable bonds is 6. The third-order valence-corrected chi connectivity index (χ3v) is 3.27. The van der Waals surface area contributed by atoms with Gasteiger partial charge in [-0.05, 0) is 42.8 Å². The van der Waals surface area contributed by atoms with Gasteiger partial charge in [0, 0.05) is 0 Å². The van der Waals surface area contributed by atoms with Crippen molar-refractivity contribution in [1.82, 2.24) is 0 Å². The minimum atomic E-state index is -4.57. The molecule has 1 amide bonds. The van der Waals surface area contributed by atoms with Gasteiger partial charge >= 0.3 is 12.3 Å². The van der Waals surface area contributed by atoms with E-state index in [1.165, 1.54) is 24.3 Å². The number of nitrogens with one attached hydrogen (secondary N) is 1. The lowest BCUT2D eigenvalue weighted by molar-refractivity contribution is -0.136. The standard InChI is InChI=1S/C18H18F3NO3/c1-2-3-12-24-13-8-10-14(11-9-13)25-17(23)22-16-7-5-4-6-15(16)18(19,20)21/h4-11H,2-3,12H2,1H3,(H,22,23). The van der Waals surface area contributed by atoms with Crippen LogP contribution >= 0.6 is 0 Å². The van der Waals surface area contributed by atoms with Gasteiger partial charge in [0.1, 0.15) is 11.5 Å². The molecule has 0 aliphatic heterocycles. The lowest BCUT2D eigenvalue weighted by Gasteiger charge is -2.13. The first-order chi connectivity index (χ1) is 11.9. The number of unbranched alkanes of at least 4 members (excludes halogenated alkanes) is 1. The third-order valence-electron chi connectivity index (χ3n) is 3.27. The van der Waals surface area contributed by atoms with Crippen LogP contribution in [-0.4, -0.2) is 12.7 Å². The summed E-state index contributed by atoms with van der Waals surface area (Å²) in [5.74, 6) is 0.827. The zero-order valence-electron chi connectivity index (χ0n) is 13.6. The van der Waals surface area contributed by atoms with Gasteiger partial charge in [0.05, 0.1) is 17.9 Å². The summed E-state index contributed by atoms with van der Waals surface area (Å²) in [5, 5.41) is 2.11. The Morgan fingerprint density at radius 2 is 1.68 bits per heavy atom. The fourth-order valence-electron chi connectivity index (χ4n) is 2.02. The number of carbonyl (C=O) groups excluding carboxylic acids is 1. The monoisotopic (exact) mass is 353 g/mol. The molecule has 0 spiro atoms. The Morgan fingerprint density at radius 1 is 1.04 bits per heavy atom. The van der Waals surface area contributed by atoms with Crippen LogP contribution in [0.3, 0.4) is 0 Å². The number of amides is 1. The highest BCUT2D eigenvalue weighted by atomic mass is 19.4. The minimum Gasteiger partial charge on any atom is -0.494 e. The van der Waals surface area contributed by atoms with Crippen molar-refractivity contribution in [2.75, 3.05) is 11.9 Å². The van der Waals surface area contributed by atoms with E-state index in [4.69, 9.17) is 9.47 Å². The quantitative estimate of drug-likeness (QED) is 0.698. The number of anilines is 1. The predicted molar refractivity (Wildman–Crippen MR) is 87.9 cm³/mol. The van der Waals surface area contributed by atoms with Crippen molar-refractivity contribution >= 4 is 11.8 Å². The van der Waals surface area contributed by atoms with Crippen LogP contribution in [0.5, 0.6) is 11.5 Å². The van der Waals surface area contributed by atoms with Gasteiger partial charge in [0.15, 0.2) is 0 Å². The number of halogens is 3. The summed E-state index contributed by atoms with van der Waals surface area (Å²) < 4.78 is 49.1. The molecule has 0 atom stereocenters. The summed E-state index contributed by atoms with van der Waals surface area (Å²) in [7, 11) is 0. The first kappa shape index (κ1) is 18.6. The molecule has 25 heavy (non-hydrogen) atoms. The van der Waals surface area contributed by atoms with Crippen LogP contribution in [-0.2, 0) is 6.18 Å². The van der Waals surface area contributed by atoms with Crippen LogP contribution in [0, 0.1) is 0 Å². The Hall–Kier alpha value is -2.70. The molecule has 2 aromatic rings. The van der Waals surface area contributed by atoms with Gasteiger partial charge in [-0.15, -0.1) is 0 Å². The van der Waals surface area contributed by atoms with Gasteiger partial charge in [-0.1, -0.05) is 25.5 Å². The van der Waals surface area contributed by atoms with Gasteiger partial charge in [-0.25, -0.2) is 4.79 Å². The molecule has 0 heterocycles. The second kappa shape index (κ2) is 8.41. The van der Waals surface area contributed by atoms with E-state index in [1.54, 1.807) is 12.1 Å². The number of alkyl halides is 3. The molecule has 0 aliphatic carbocycles. The highest BCUT2D eigenvalue weighted by Gasteiger charge is 2.33. The summed E-state index contributed by atoms with van der Waals surface area (Å²) in [6, 6.07) is 11.0. The maximum atomic E-state index is 12.9. The molecule has 4 nitrogen and oxygen atoms in total. The fraction of sp³-hybridized carbons (Fsp3) is 0.278. The van der Waals surface area contributed by atoms with E-state index in [9.17, 15) is 18.0 Å². The molecule has 7 heteroatoms. The minimum absolute atomic E-state index is 0.199. The lowest BCUT2D eigenvalue weighted by Crippen LogP contribution is -2.19. The molecule has 0 aromatic heterocycles. The number of ether oxygens (including phenoxy) is 2. The molecule has 0 unspecified atom stereocenters. The lowest BCUT2D eigenvalue weighted by atomic mass is 10.2. The van der Waals surface area contributed by atoms with Crippen molar-refractivity contribution in [3.05, 3.63) is 54.1 Å². The zero-order valence-corrected chi connectivity index (χ0v) is 13.6. The molecule has 0 saturated carbocycles. The number of benzene rings is 2. The van der Waals surface area contributed by atoms with Crippen molar-refractivity contribution in [3.8, 4) is 11.5 Å². The number of carbonyl (C=O) groups is 1. The van der Waals surface area contributed by atoms with Gasteiger partial charge in [0.25, 0.3) is 0 Å². The highest BCUT2D eigenvalue weighted by molar-refractivity contribution is 5.87. The average molecular weight is 353 g/mol. The largest absolute Gasteiger partial charge is 0.494 e. The summed E-state index contributed by atoms with van der Waals surface area (Å²) in [4.78, 5) is 11.8. The first-order valence-electron chi connectivity index (χ1n) is 7.78. The summed E-state index contributed by atoms with van der Waals surface area (Å²) in [6.45, 7) is 2.64. The molecule has 0 saturated heterocycles. The molecule has 134 valence electrons. The summed E-state index contributed by atoms with van der Waals surface area (Å²) in [5.41, 5.74) is -1.30. The predicted octanol–water partition coefficient (Wildman–Crippen LogP) is 5.50. The van der Waals surface area contributed by atoms with E-state index < -0.39 is 17.8 Å².